The molecule has 0 N–H and O–H groups in total. The van der Waals surface area contributed by atoms with Gasteiger partial charge in [-0.25, -0.2) is 0 Å². The van der Waals surface area contributed by atoms with Crippen molar-refractivity contribution in [3.05, 3.63) is 29.8 Å². The quantitative estimate of drug-likeness (QED) is 0.829. The van der Waals surface area contributed by atoms with Crippen LogP contribution in [0.15, 0.2) is 24.3 Å². The van der Waals surface area contributed by atoms with Crippen molar-refractivity contribution in [2.24, 2.45) is 5.92 Å². The minimum atomic E-state index is 0.208. The third kappa shape index (κ3) is 3.58. The standard InChI is InChI=1S/C18H28N2O/c1-4-15(5-2)18(21)20-13-11-19(12-14-20)17-10-8-7-9-16(17)6-3/h7-10,15H,4-6,11-14H2,1-3H3. The van der Waals surface area contributed by atoms with Crippen molar-refractivity contribution < 1.29 is 4.79 Å². The second-order valence-electron chi connectivity index (χ2n) is 5.81. The van der Waals surface area contributed by atoms with E-state index in [1.807, 2.05) is 0 Å². The Morgan fingerprint density at radius 1 is 1.05 bits per heavy atom. The summed E-state index contributed by atoms with van der Waals surface area (Å²) in [4.78, 5) is 16.9. The molecule has 1 saturated heterocycles. The molecule has 116 valence electrons. The average molecular weight is 288 g/mol. The van der Waals surface area contributed by atoms with E-state index in [2.05, 4.69) is 54.8 Å². The summed E-state index contributed by atoms with van der Waals surface area (Å²) in [5, 5.41) is 0. The van der Waals surface area contributed by atoms with Crippen LogP contribution in [-0.4, -0.2) is 37.0 Å². The first-order chi connectivity index (χ1) is 10.2. The van der Waals surface area contributed by atoms with Gasteiger partial charge in [-0.2, -0.15) is 0 Å². The van der Waals surface area contributed by atoms with Crippen molar-refractivity contribution in [3.63, 3.8) is 0 Å². The molecule has 2 rings (SSSR count). The van der Waals surface area contributed by atoms with Crippen LogP contribution in [0.25, 0.3) is 0 Å². The first-order valence-corrected chi connectivity index (χ1v) is 8.32. The topological polar surface area (TPSA) is 23.6 Å². The molecule has 0 aromatic heterocycles. The van der Waals surface area contributed by atoms with Gasteiger partial charge in [-0.15, -0.1) is 0 Å². The molecule has 3 nitrogen and oxygen atoms in total. The predicted octanol–water partition coefficient (Wildman–Crippen LogP) is 3.33. The number of aryl methyl sites for hydroxylation is 1. The van der Waals surface area contributed by atoms with Crippen LogP contribution in [0.1, 0.15) is 39.2 Å². The van der Waals surface area contributed by atoms with Gasteiger partial charge in [-0.05, 0) is 30.9 Å². The number of hydrogen-bond acceptors (Lipinski definition) is 2. The van der Waals surface area contributed by atoms with Crippen molar-refractivity contribution in [3.8, 4) is 0 Å². The molecule has 1 fully saturated rings. The van der Waals surface area contributed by atoms with Gasteiger partial charge in [-0.1, -0.05) is 39.0 Å². The Kier molecular flexibility index (Phi) is 5.66. The zero-order valence-electron chi connectivity index (χ0n) is 13.6. The maximum atomic E-state index is 12.4. The molecule has 1 aromatic rings. The van der Waals surface area contributed by atoms with Crippen LogP contribution in [-0.2, 0) is 11.2 Å². The van der Waals surface area contributed by atoms with Gasteiger partial charge >= 0.3 is 0 Å². The SMILES string of the molecule is CCc1ccccc1N1CCN(C(=O)C(CC)CC)CC1. The fraction of sp³-hybridized carbons (Fsp3) is 0.611. The normalized spacial score (nSPS) is 15.6. The number of para-hydroxylation sites is 1. The molecule has 1 heterocycles. The summed E-state index contributed by atoms with van der Waals surface area (Å²) in [7, 11) is 0. The van der Waals surface area contributed by atoms with Crippen LogP contribution in [0.4, 0.5) is 5.69 Å². The third-order valence-electron chi connectivity index (χ3n) is 4.64. The fourth-order valence-electron chi connectivity index (χ4n) is 3.18. The summed E-state index contributed by atoms with van der Waals surface area (Å²) in [5.41, 5.74) is 2.74. The fourth-order valence-corrected chi connectivity index (χ4v) is 3.18. The number of rotatable bonds is 5. The molecule has 1 aromatic carbocycles. The van der Waals surface area contributed by atoms with Gasteiger partial charge in [0.2, 0.25) is 5.91 Å². The van der Waals surface area contributed by atoms with E-state index in [1.165, 1.54) is 11.3 Å². The first kappa shape index (κ1) is 15.9. The van der Waals surface area contributed by atoms with Crippen LogP contribution in [0.2, 0.25) is 0 Å². The van der Waals surface area contributed by atoms with E-state index in [4.69, 9.17) is 0 Å². The van der Waals surface area contributed by atoms with E-state index in [0.717, 1.165) is 45.4 Å². The van der Waals surface area contributed by atoms with Gasteiger partial charge in [-0.3, -0.25) is 4.79 Å². The lowest BCUT2D eigenvalue weighted by Gasteiger charge is -2.38. The molecule has 0 atom stereocenters. The highest BCUT2D eigenvalue weighted by atomic mass is 16.2. The molecule has 0 spiro atoms. The van der Waals surface area contributed by atoms with Crippen molar-refractivity contribution in [1.29, 1.82) is 0 Å². The number of nitrogens with zero attached hydrogens (tertiary/aromatic N) is 2. The molecule has 0 radical (unpaired) electrons. The summed E-state index contributed by atoms with van der Waals surface area (Å²) in [5.74, 6) is 0.558. The van der Waals surface area contributed by atoms with E-state index in [9.17, 15) is 4.79 Å². The lowest BCUT2D eigenvalue weighted by atomic mass is 10.0. The summed E-state index contributed by atoms with van der Waals surface area (Å²) in [6.07, 6.45) is 2.96. The van der Waals surface area contributed by atoms with Crippen LogP contribution in [0.5, 0.6) is 0 Å². The number of carbonyl (C=O) groups excluding carboxylic acids is 1. The molecule has 0 unspecified atom stereocenters. The van der Waals surface area contributed by atoms with Gasteiger partial charge in [0.05, 0.1) is 0 Å². The molecule has 0 bridgehead atoms. The number of carbonyl (C=O) groups is 1. The second-order valence-corrected chi connectivity index (χ2v) is 5.81. The third-order valence-corrected chi connectivity index (χ3v) is 4.64. The number of anilines is 1. The Bertz CT molecular complexity index is 460. The summed E-state index contributed by atoms with van der Waals surface area (Å²) < 4.78 is 0. The van der Waals surface area contributed by atoms with Crippen LogP contribution in [0.3, 0.4) is 0 Å². The maximum Gasteiger partial charge on any atom is 0.225 e. The maximum absolute atomic E-state index is 12.4. The lowest BCUT2D eigenvalue weighted by Crippen LogP contribution is -2.50. The van der Waals surface area contributed by atoms with Gasteiger partial charge in [0.25, 0.3) is 0 Å². The molecule has 21 heavy (non-hydrogen) atoms. The van der Waals surface area contributed by atoms with E-state index < -0.39 is 0 Å². The molecule has 0 aliphatic carbocycles. The summed E-state index contributed by atoms with van der Waals surface area (Å²) >= 11 is 0. The van der Waals surface area contributed by atoms with E-state index in [1.54, 1.807) is 0 Å². The zero-order chi connectivity index (χ0) is 15.2. The molecule has 0 saturated carbocycles. The number of benzene rings is 1. The average Bonchev–Trinajstić information content (AvgIpc) is 2.56. The summed E-state index contributed by atoms with van der Waals surface area (Å²) in [6, 6.07) is 8.62. The number of hydrogen-bond donors (Lipinski definition) is 0. The van der Waals surface area contributed by atoms with E-state index in [0.29, 0.717) is 5.91 Å². The Hall–Kier alpha value is -1.51. The van der Waals surface area contributed by atoms with Crippen LogP contribution in [0, 0.1) is 5.92 Å². The molecule has 3 heteroatoms. The largest absolute Gasteiger partial charge is 0.368 e. The first-order valence-electron chi connectivity index (χ1n) is 8.32. The second kappa shape index (κ2) is 7.48. The van der Waals surface area contributed by atoms with Crippen molar-refractivity contribution in [1.82, 2.24) is 4.90 Å². The minimum absolute atomic E-state index is 0.208. The lowest BCUT2D eigenvalue weighted by molar-refractivity contribution is -0.136. The predicted molar refractivity (Wildman–Crippen MR) is 88.7 cm³/mol. The monoisotopic (exact) mass is 288 g/mol. The number of piperazine rings is 1. The molecular formula is C18H28N2O. The van der Waals surface area contributed by atoms with E-state index >= 15 is 0 Å². The molecular weight excluding hydrogens is 260 g/mol. The highest BCUT2D eigenvalue weighted by molar-refractivity contribution is 5.79. The van der Waals surface area contributed by atoms with Crippen molar-refractivity contribution in [2.75, 3.05) is 31.1 Å². The molecule has 1 aliphatic rings. The van der Waals surface area contributed by atoms with Gasteiger partial charge in [0.1, 0.15) is 0 Å². The van der Waals surface area contributed by atoms with Crippen LogP contribution >= 0.6 is 0 Å². The Morgan fingerprint density at radius 3 is 2.24 bits per heavy atom. The Balaban J connectivity index is 1.98. The highest BCUT2D eigenvalue weighted by Crippen LogP contribution is 2.23. The zero-order valence-corrected chi connectivity index (χ0v) is 13.6. The highest BCUT2D eigenvalue weighted by Gasteiger charge is 2.25. The van der Waals surface area contributed by atoms with Gasteiger partial charge < -0.3 is 9.80 Å². The molecule has 1 aliphatic heterocycles. The van der Waals surface area contributed by atoms with Crippen LogP contribution < -0.4 is 4.90 Å². The minimum Gasteiger partial charge on any atom is -0.368 e. The smallest absolute Gasteiger partial charge is 0.225 e. The van der Waals surface area contributed by atoms with E-state index in [-0.39, 0.29) is 5.92 Å². The van der Waals surface area contributed by atoms with Gasteiger partial charge in [0, 0.05) is 37.8 Å². The van der Waals surface area contributed by atoms with Crippen molar-refractivity contribution in [2.45, 2.75) is 40.0 Å². The summed E-state index contributed by atoms with van der Waals surface area (Å²) in [6.45, 7) is 10.0. The Morgan fingerprint density at radius 2 is 1.67 bits per heavy atom. The number of amides is 1. The molecule has 1 amide bonds. The van der Waals surface area contributed by atoms with Gasteiger partial charge in [0.15, 0.2) is 0 Å². The van der Waals surface area contributed by atoms with Crippen molar-refractivity contribution >= 4 is 11.6 Å². The Labute approximate surface area is 128 Å².